The number of aliphatic hydroxyl groups is 1. The number of rotatable bonds is 5. The number of aliphatic hydroxyl groups excluding tert-OH is 1. The number of aromatic nitrogens is 3. The molecule has 8 heteroatoms. The molecule has 1 aliphatic heterocycles. The number of piperazine rings is 1. The summed E-state index contributed by atoms with van der Waals surface area (Å²) in [5.41, 5.74) is 1.84. The first kappa shape index (κ1) is 22.7. The Hall–Kier alpha value is -2.71. The van der Waals surface area contributed by atoms with Gasteiger partial charge in [-0.2, -0.15) is 4.98 Å². The van der Waals surface area contributed by atoms with Crippen LogP contribution in [0.2, 0.25) is 0 Å². The van der Waals surface area contributed by atoms with Gasteiger partial charge in [-0.05, 0) is 69.0 Å². The Labute approximate surface area is 206 Å². The first-order valence-electron chi connectivity index (χ1n) is 13.3. The molecule has 1 aromatic carbocycles. The van der Waals surface area contributed by atoms with Gasteiger partial charge >= 0.3 is 0 Å². The molecular formula is C27H36N6O2. The molecule has 2 N–H and O–H groups in total. The zero-order valence-electron chi connectivity index (χ0n) is 20.6. The average molecular weight is 477 g/mol. The monoisotopic (exact) mass is 476 g/mol. The van der Waals surface area contributed by atoms with Crippen molar-refractivity contribution in [2.45, 2.75) is 57.1 Å². The van der Waals surface area contributed by atoms with Crippen LogP contribution in [0.5, 0.6) is 0 Å². The molecule has 2 aliphatic carbocycles. The van der Waals surface area contributed by atoms with Crippen LogP contribution in [0.1, 0.15) is 51.0 Å². The van der Waals surface area contributed by atoms with E-state index in [1.165, 1.54) is 19.3 Å². The Morgan fingerprint density at radius 3 is 2.49 bits per heavy atom. The van der Waals surface area contributed by atoms with Gasteiger partial charge < -0.3 is 20.2 Å². The summed E-state index contributed by atoms with van der Waals surface area (Å²) < 4.78 is 1.91. The van der Waals surface area contributed by atoms with Crippen molar-refractivity contribution in [1.29, 1.82) is 0 Å². The second kappa shape index (κ2) is 9.39. The Bertz CT molecular complexity index is 1270. The molecule has 0 unspecified atom stereocenters. The first-order chi connectivity index (χ1) is 17.1. The van der Waals surface area contributed by atoms with Crippen LogP contribution in [0.4, 0.5) is 11.6 Å². The SMILES string of the molecule is CN1CCN(c2ccc3c(c2)c(=O)n(C2CCC(O)CC2)c2nc(NCC4CCC4)ncc32)CC1. The number of nitrogens with one attached hydrogen (secondary N) is 1. The van der Waals surface area contributed by atoms with Crippen LogP contribution in [0.15, 0.2) is 29.2 Å². The van der Waals surface area contributed by atoms with E-state index in [4.69, 9.17) is 4.98 Å². The largest absolute Gasteiger partial charge is 0.393 e. The molecule has 3 heterocycles. The van der Waals surface area contributed by atoms with E-state index in [2.05, 4.69) is 45.3 Å². The maximum atomic E-state index is 14.0. The lowest BCUT2D eigenvalue weighted by Crippen LogP contribution is -2.44. The standard InChI is InChI=1S/C27H36N6O2/c1-31-11-13-32(14-12-31)20-7-10-22-23(15-20)26(35)33(19-5-8-21(34)9-6-19)25-24(22)17-29-27(30-25)28-16-18-3-2-4-18/h7,10,15,17-19,21,34H,2-6,8-9,11-14,16H2,1H3,(H,28,29,30). The molecule has 3 aromatic rings. The summed E-state index contributed by atoms with van der Waals surface area (Å²) >= 11 is 0. The Morgan fingerprint density at radius 2 is 1.77 bits per heavy atom. The number of anilines is 2. The number of hydrogen-bond acceptors (Lipinski definition) is 7. The van der Waals surface area contributed by atoms with Crippen molar-refractivity contribution in [3.63, 3.8) is 0 Å². The molecule has 1 saturated heterocycles. The lowest BCUT2D eigenvalue weighted by molar-refractivity contribution is 0.111. The maximum Gasteiger partial charge on any atom is 0.260 e. The summed E-state index contributed by atoms with van der Waals surface area (Å²) in [4.78, 5) is 28.3. The summed E-state index contributed by atoms with van der Waals surface area (Å²) in [6.45, 7) is 4.85. The molecule has 0 spiro atoms. The highest BCUT2D eigenvalue weighted by Gasteiger charge is 2.26. The van der Waals surface area contributed by atoms with E-state index in [-0.39, 0.29) is 17.7 Å². The quantitative estimate of drug-likeness (QED) is 0.546. The second-order valence-corrected chi connectivity index (χ2v) is 10.8. The molecule has 2 aromatic heterocycles. The highest BCUT2D eigenvalue weighted by Crippen LogP contribution is 2.33. The highest BCUT2D eigenvalue weighted by atomic mass is 16.3. The normalized spacial score (nSPS) is 24.1. The maximum absolute atomic E-state index is 14.0. The molecule has 2 saturated carbocycles. The Balaban J connectivity index is 1.45. The molecule has 35 heavy (non-hydrogen) atoms. The topological polar surface area (TPSA) is 86.5 Å². The molecule has 0 radical (unpaired) electrons. The summed E-state index contributed by atoms with van der Waals surface area (Å²) in [5.74, 6) is 1.29. The number of hydrogen-bond donors (Lipinski definition) is 2. The van der Waals surface area contributed by atoms with Gasteiger partial charge in [-0.15, -0.1) is 0 Å². The van der Waals surface area contributed by atoms with E-state index in [0.29, 0.717) is 17.5 Å². The van der Waals surface area contributed by atoms with Gasteiger partial charge in [0.25, 0.3) is 5.56 Å². The van der Waals surface area contributed by atoms with Crippen molar-refractivity contribution < 1.29 is 5.11 Å². The molecular weight excluding hydrogens is 440 g/mol. The van der Waals surface area contributed by atoms with Crippen LogP contribution in [0.3, 0.4) is 0 Å². The van der Waals surface area contributed by atoms with Gasteiger partial charge in [0.1, 0.15) is 5.65 Å². The fourth-order valence-corrected chi connectivity index (χ4v) is 5.85. The number of fused-ring (bicyclic) bond motifs is 3. The van der Waals surface area contributed by atoms with Crippen LogP contribution in [0, 0.1) is 5.92 Å². The van der Waals surface area contributed by atoms with Crippen LogP contribution in [-0.2, 0) is 0 Å². The predicted octanol–water partition coefficient (Wildman–Crippen LogP) is 3.38. The van der Waals surface area contributed by atoms with Gasteiger partial charge in [0.15, 0.2) is 0 Å². The molecule has 0 amide bonds. The smallest absolute Gasteiger partial charge is 0.260 e. The minimum atomic E-state index is -0.271. The molecule has 3 fully saturated rings. The molecule has 6 rings (SSSR count). The van der Waals surface area contributed by atoms with E-state index in [1.54, 1.807) is 0 Å². The van der Waals surface area contributed by atoms with Crippen molar-refractivity contribution in [2.24, 2.45) is 5.92 Å². The highest BCUT2D eigenvalue weighted by molar-refractivity contribution is 6.05. The Morgan fingerprint density at radius 1 is 1.00 bits per heavy atom. The van der Waals surface area contributed by atoms with Crippen LogP contribution in [0.25, 0.3) is 21.8 Å². The molecule has 3 aliphatic rings. The van der Waals surface area contributed by atoms with Gasteiger partial charge in [0.05, 0.1) is 11.5 Å². The van der Waals surface area contributed by atoms with E-state index in [1.807, 2.05) is 10.8 Å². The third-order valence-electron chi connectivity index (χ3n) is 8.41. The van der Waals surface area contributed by atoms with E-state index in [9.17, 15) is 9.90 Å². The summed E-state index contributed by atoms with van der Waals surface area (Å²) in [6.07, 6.45) is 8.45. The Kier molecular flexibility index (Phi) is 6.10. The average Bonchev–Trinajstić information content (AvgIpc) is 2.84. The van der Waals surface area contributed by atoms with Crippen LogP contribution < -0.4 is 15.8 Å². The van der Waals surface area contributed by atoms with E-state index < -0.39 is 0 Å². The fourth-order valence-electron chi connectivity index (χ4n) is 5.85. The van der Waals surface area contributed by atoms with Crippen LogP contribution >= 0.6 is 0 Å². The lowest BCUT2D eigenvalue weighted by atomic mass is 9.85. The van der Waals surface area contributed by atoms with Gasteiger partial charge in [-0.25, -0.2) is 4.98 Å². The zero-order chi connectivity index (χ0) is 23.9. The van der Waals surface area contributed by atoms with Crippen molar-refractivity contribution in [1.82, 2.24) is 19.4 Å². The number of benzene rings is 1. The number of pyridine rings is 1. The van der Waals surface area contributed by atoms with E-state index in [0.717, 1.165) is 80.3 Å². The summed E-state index contributed by atoms with van der Waals surface area (Å²) in [5, 5.41) is 16.1. The third-order valence-corrected chi connectivity index (χ3v) is 8.41. The van der Waals surface area contributed by atoms with Gasteiger partial charge in [-0.1, -0.05) is 12.5 Å². The predicted molar refractivity (Wildman–Crippen MR) is 140 cm³/mol. The third kappa shape index (κ3) is 4.38. The summed E-state index contributed by atoms with van der Waals surface area (Å²) in [6, 6.07) is 6.32. The molecule has 0 bridgehead atoms. The minimum Gasteiger partial charge on any atom is -0.393 e. The minimum absolute atomic E-state index is 0.0218. The fraction of sp³-hybridized carbons (Fsp3) is 0.593. The lowest BCUT2D eigenvalue weighted by Gasteiger charge is -2.34. The van der Waals surface area contributed by atoms with E-state index >= 15 is 0 Å². The van der Waals surface area contributed by atoms with Crippen molar-refractivity contribution in [3.8, 4) is 0 Å². The summed E-state index contributed by atoms with van der Waals surface area (Å²) in [7, 11) is 2.15. The second-order valence-electron chi connectivity index (χ2n) is 10.8. The van der Waals surface area contributed by atoms with Gasteiger partial charge in [0.2, 0.25) is 5.95 Å². The van der Waals surface area contributed by atoms with Crippen LogP contribution in [-0.4, -0.2) is 70.4 Å². The van der Waals surface area contributed by atoms with Crippen molar-refractivity contribution in [3.05, 3.63) is 34.7 Å². The van der Waals surface area contributed by atoms with Crippen molar-refractivity contribution in [2.75, 3.05) is 50.0 Å². The van der Waals surface area contributed by atoms with Crippen molar-refractivity contribution >= 4 is 33.4 Å². The first-order valence-corrected chi connectivity index (χ1v) is 13.3. The van der Waals surface area contributed by atoms with Gasteiger partial charge in [-0.3, -0.25) is 9.36 Å². The number of nitrogens with zero attached hydrogens (tertiary/aromatic N) is 5. The number of likely N-dealkylation sites (N-methyl/N-ethyl adjacent to an activating group) is 1. The molecule has 0 atom stereocenters. The molecule has 8 nitrogen and oxygen atoms in total. The molecule has 186 valence electrons. The zero-order valence-corrected chi connectivity index (χ0v) is 20.6. The van der Waals surface area contributed by atoms with Gasteiger partial charge in [0, 0.05) is 56.0 Å².